The van der Waals surface area contributed by atoms with Crippen molar-refractivity contribution < 1.29 is 37.5 Å². The number of rotatable bonds is 6. The van der Waals surface area contributed by atoms with Crippen LogP contribution in [-0.4, -0.2) is 121 Å². The number of halogens is 3. The van der Waals surface area contributed by atoms with Gasteiger partial charge in [0.05, 0.1) is 0 Å². The molecule has 44 heavy (non-hydrogen) atoms. The average Bonchev–Trinajstić information content (AvgIpc) is 3.01. The first-order chi connectivity index (χ1) is 21.0. The molecule has 4 rings (SSSR count). The Hall–Kier alpha value is -4.02. The van der Waals surface area contributed by atoms with Crippen LogP contribution in [0.4, 0.5) is 33.4 Å². The number of urea groups is 3. The zero-order valence-corrected chi connectivity index (χ0v) is 24.5. The molecule has 7 N–H and O–H groups in total. The third kappa shape index (κ3) is 11.2. The number of hydrogen-bond acceptors (Lipinski definition) is 7. The van der Waals surface area contributed by atoms with Gasteiger partial charge in [0, 0.05) is 76.7 Å². The molecule has 246 valence electrons. The molecule has 1 aromatic heterocycles. The number of carbonyl (C=O) groups excluding carboxylic acids is 3. The number of piperidine rings is 3. The number of carboxylic acid groups (broad SMARTS) is 1. The number of aliphatic carboxylic acids is 1. The lowest BCUT2D eigenvalue weighted by atomic mass is 10.0. The van der Waals surface area contributed by atoms with E-state index in [2.05, 4.69) is 31.2 Å². The fraction of sp³-hybridized carbons (Fsp3) is 0.667. The highest BCUT2D eigenvalue weighted by Crippen LogP contribution is 2.19. The van der Waals surface area contributed by atoms with Crippen LogP contribution >= 0.6 is 0 Å². The number of carbonyl (C=O) groups is 4. The second-order valence-corrected chi connectivity index (χ2v) is 10.9. The van der Waals surface area contributed by atoms with Gasteiger partial charge in [-0.15, -0.1) is 0 Å². The van der Waals surface area contributed by atoms with Crippen molar-refractivity contribution in [3.63, 3.8) is 0 Å². The van der Waals surface area contributed by atoms with Crippen molar-refractivity contribution in [2.24, 2.45) is 5.73 Å². The molecule has 14 nitrogen and oxygen atoms in total. The van der Waals surface area contributed by atoms with E-state index in [4.69, 9.17) is 15.6 Å². The van der Waals surface area contributed by atoms with E-state index in [1.165, 1.54) is 0 Å². The molecule has 0 radical (unpaired) electrons. The standard InChI is InChI=1S/C25H41N9O3.C2HF3O2/c26-10-12-28-23(35)29-19-6-15-33(16-7-19)25(37)31-21-8-17-34(18-9-21)24(36)30-20-4-13-32(14-5-20)22-3-1-2-11-27-22;3-2(4,5)1(6)7/h1-3,11,19-21H,4-10,12-18,26H2,(H,30,36)(H,31,37)(H2,28,29,35);(H,6,7). The minimum atomic E-state index is -5.08. The Morgan fingerprint density at radius 1 is 0.818 bits per heavy atom. The number of nitrogens with one attached hydrogen (secondary N) is 4. The van der Waals surface area contributed by atoms with E-state index in [0.29, 0.717) is 39.3 Å². The first-order valence-electron chi connectivity index (χ1n) is 14.8. The molecule has 0 aliphatic carbocycles. The van der Waals surface area contributed by atoms with Crippen LogP contribution in [0.3, 0.4) is 0 Å². The molecule has 17 heteroatoms. The summed E-state index contributed by atoms with van der Waals surface area (Å²) < 4.78 is 31.7. The Morgan fingerprint density at radius 3 is 1.68 bits per heavy atom. The summed E-state index contributed by atoms with van der Waals surface area (Å²) >= 11 is 0. The van der Waals surface area contributed by atoms with Crippen molar-refractivity contribution in [3.05, 3.63) is 24.4 Å². The van der Waals surface area contributed by atoms with E-state index >= 15 is 0 Å². The molecule has 3 aliphatic rings. The first kappa shape index (κ1) is 34.5. The molecule has 0 bridgehead atoms. The summed E-state index contributed by atoms with van der Waals surface area (Å²) in [6.07, 6.45) is 1.47. The van der Waals surface area contributed by atoms with Gasteiger partial charge >= 0.3 is 30.2 Å². The number of pyridine rings is 1. The Balaban J connectivity index is 0.000000676. The second kappa shape index (κ2) is 16.7. The number of carboxylic acids is 1. The van der Waals surface area contributed by atoms with Gasteiger partial charge in [-0.1, -0.05) is 6.07 Å². The van der Waals surface area contributed by atoms with Gasteiger partial charge in [0.2, 0.25) is 0 Å². The van der Waals surface area contributed by atoms with Gasteiger partial charge in [0.25, 0.3) is 0 Å². The van der Waals surface area contributed by atoms with Crippen molar-refractivity contribution in [2.75, 3.05) is 57.3 Å². The van der Waals surface area contributed by atoms with Crippen LogP contribution in [0.2, 0.25) is 0 Å². The molecule has 3 fully saturated rings. The van der Waals surface area contributed by atoms with Gasteiger partial charge in [-0.25, -0.2) is 24.2 Å². The fourth-order valence-corrected chi connectivity index (χ4v) is 5.20. The van der Waals surface area contributed by atoms with Gasteiger partial charge in [-0.2, -0.15) is 13.2 Å². The molecule has 6 amide bonds. The maximum atomic E-state index is 12.8. The number of amides is 6. The molecule has 0 saturated carbocycles. The van der Waals surface area contributed by atoms with Crippen LogP contribution in [0, 0.1) is 0 Å². The van der Waals surface area contributed by atoms with E-state index in [1.54, 1.807) is 0 Å². The van der Waals surface area contributed by atoms with Gasteiger partial charge in [0.15, 0.2) is 0 Å². The largest absolute Gasteiger partial charge is 0.490 e. The average molecular weight is 630 g/mol. The summed E-state index contributed by atoms with van der Waals surface area (Å²) in [7, 11) is 0. The van der Waals surface area contributed by atoms with Gasteiger partial charge in [-0.3, -0.25) is 0 Å². The zero-order valence-electron chi connectivity index (χ0n) is 24.5. The molecule has 3 saturated heterocycles. The quantitative estimate of drug-likeness (QED) is 0.272. The summed E-state index contributed by atoms with van der Waals surface area (Å²) in [6, 6.07) is 5.96. The van der Waals surface area contributed by atoms with Crippen LogP contribution in [0.5, 0.6) is 0 Å². The molecule has 1 aromatic rings. The smallest absolute Gasteiger partial charge is 0.475 e. The molecular weight excluding hydrogens is 587 g/mol. The van der Waals surface area contributed by atoms with E-state index < -0.39 is 12.1 Å². The maximum Gasteiger partial charge on any atom is 0.490 e. The summed E-state index contributed by atoms with van der Waals surface area (Å²) in [4.78, 5) is 56.6. The Morgan fingerprint density at radius 2 is 1.27 bits per heavy atom. The second-order valence-electron chi connectivity index (χ2n) is 10.9. The lowest BCUT2D eigenvalue weighted by Gasteiger charge is -2.37. The molecule has 3 aliphatic heterocycles. The summed E-state index contributed by atoms with van der Waals surface area (Å²) in [5, 5.41) is 19.1. The lowest BCUT2D eigenvalue weighted by Crippen LogP contribution is -2.55. The predicted molar refractivity (Wildman–Crippen MR) is 155 cm³/mol. The fourth-order valence-electron chi connectivity index (χ4n) is 5.20. The summed E-state index contributed by atoms with van der Waals surface area (Å²) in [5.74, 6) is -1.77. The van der Waals surface area contributed by atoms with Crippen molar-refractivity contribution in [1.29, 1.82) is 0 Å². The summed E-state index contributed by atoms with van der Waals surface area (Å²) in [6.45, 7) is 5.08. The molecular formula is C27H42F3N9O5. The number of hydrogen-bond donors (Lipinski definition) is 6. The van der Waals surface area contributed by atoms with E-state index in [9.17, 15) is 27.6 Å². The maximum absolute atomic E-state index is 12.8. The molecule has 0 unspecified atom stereocenters. The zero-order chi connectivity index (χ0) is 32.1. The van der Waals surface area contributed by atoms with Gasteiger partial charge in [-0.05, 0) is 50.7 Å². The highest BCUT2D eigenvalue weighted by Gasteiger charge is 2.38. The number of nitrogens with two attached hydrogens (primary N) is 1. The van der Waals surface area contributed by atoms with Crippen LogP contribution in [-0.2, 0) is 4.79 Å². The van der Waals surface area contributed by atoms with E-state index in [1.807, 2.05) is 34.2 Å². The van der Waals surface area contributed by atoms with Crippen LogP contribution in [0.25, 0.3) is 0 Å². The van der Waals surface area contributed by atoms with Crippen molar-refractivity contribution in [1.82, 2.24) is 36.1 Å². The lowest BCUT2D eigenvalue weighted by molar-refractivity contribution is -0.192. The summed E-state index contributed by atoms with van der Waals surface area (Å²) in [5.41, 5.74) is 5.40. The number of nitrogens with zero attached hydrogens (tertiary/aromatic N) is 4. The Kier molecular flexibility index (Phi) is 13.1. The van der Waals surface area contributed by atoms with Gasteiger partial charge < -0.3 is 46.8 Å². The van der Waals surface area contributed by atoms with Crippen LogP contribution < -0.4 is 31.9 Å². The number of likely N-dealkylation sites (tertiary alicyclic amines) is 2. The monoisotopic (exact) mass is 629 g/mol. The minimum absolute atomic E-state index is 0.00821. The van der Waals surface area contributed by atoms with Gasteiger partial charge in [0.1, 0.15) is 5.82 Å². The number of anilines is 1. The predicted octanol–water partition coefficient (Wildman–Crippen LogP) is 1.29. The topological polar surface area (TPSA) is 185 Å². The van der Waals surface area contributed by atoms with Crippen LogP contribution in [0.15, 0.2) is 24.4 Å². The third-order valence-corrected chi connectivity index (χ3v) is 7.70. The molecule has 0 atom stereocenters. The number of aromatic nitrogens is 1. The SMILES string of the molecule is NCCNC(=O)NC1CCN(C(=O)NC2CCN(C(=O)NC3CCN(c4ccccn4)CC3)CC2)CC1.O=C(O)C(F)(F)F. The Bertz CT molecular complexity index is 1070. The molecule has 0 aromatic carbocycles. The van der Waals surface area contributed by atoms with Crippen molar-refractivity contribution >= 4 is 29.9 Å². The molecule has 0 spiro atoms. The van der Waals surface area contributed by atoms with Crippen molar-refractivity contribution in [3.8, 4) is 0 Å². The number of alkyl halides is 3. The molecule has 4 heterocycles. The minimum Gasteiger partial charge on any atom is -0.475 e. The highest BCUT2D eigenvalue weighted by molar-refractivity contribution is 5.76. The first-order valence-corrected chi connectivity index (χ1v) is 14.8. The van der Waals surface area contributed by atoms with Crippen molar-refractivity contribution in [2.45, 2.75) is 62.8 Å². The third-order valence-electron chi connectivity index (χ3n) is 7.70. The van der Waals surface area contributed by atoms with Crippen LogP contribution in [0.1, 0.15) is 38.5 Å². The normalized spacial score (nSPS) is 18.5. The Labute approximate surface area is 253 Å². The highest BCUT2D eigenvalue weighted by atomic mass is 19.4. The van der Waals surface area contributed by atoms with E-state index in [0.717, 1.165) is 57.4 Å². The van der Waals surface area contributed by atoms with E-state index in [-0.39, 0.29) is 36.2 Å².